The van der Waals surface area contributed by atoms with E-state index in [0.29, 0.717) is 25.4 Å². The Morgan fingerprint density at radius 1 is 1.00 bits per heavy atom. The van der Waals surface area contributed by atoms with Crippen LogP contribution in [0.4, 0.5) is 0 Å². The van der Waals surface area contributed by atoms with E-state index in [1.165, 1.54) is 49.8 Å². The standard InChI is InChI=1S/C31H51N5O3/c1-4-5-18-35-29(38)27(28(37)24-12-8-6-9-13-24)32-30(39)31(35)16-19-34(20-17-31)21-26-22(2)33-36(23(26)3)25-14-10-7-11-15-25/h24-25,27-28,37H,4-21H2,1-3H3,(H,32,39)/t27-,28-/m1/s1. The molecule has 0 radical (unpaired) electrons. The Morgan fingerprint density at radius 3 is 2.28 bits per heavy atom. The second-order valence-electron chi connectivity index (χ2n) is 12.9. The minimum atomic E-state index is -0.808. The second-order valence-corrected chi connectivity index (χ2v) is 12.9. The van der Waals surface area contributed by atoms with E-state index in [2.05, 4.69) is 35.7 Å². The molecule has 5 rings (SSSR count). The SMILES string of the molecule is CCCCN1C(=O)[C@@H]([C@H](O)C2CCCCC2)NC(=O)C12CCN(Cc1c(C)nn(C3CCCCC3)c1C)CC2. The summed E-state index contributed by atoms with van der Waals surface area (Å²) in [5.74, 6) is -0.0388. The summed E-state index contributed by atoms with van der Waals surface area (Å²) in [6, 6.07) is -0.283. The summed E-state index contributed by atoms with van der Waals surface area (Å²) in [6.45, 7) is 9.43. The number of amides is 2. The molecule has 0 unspecified atom stereocenters. The molecule has 218 valence electrons. The summed E-state index contributed by atoms with van der Waals surface area (Å²) >= 11 is 0. The minimum absolute atomic E-state index is 0.0600. The highest BCUT2D eigenvalue weighted by Gasteiger charge is 2.55. The van der Waals surface area contributed by atoms with Crippen LogP contribution in [0.1, 0.15) is 120 Å². The molecule has 8 heteroatoms. The lowest BCUT2D eigenvalue weighted by atomic mass is 9.78. The molecule has 2 saturated heterocycles. The second kappa shape index (κ2) is 12.3. The minimum Gasteiger partial charge on any atom is -0.390 e. The monoisotopic (exact) mass is 541 g/mol. The van der Waals surface area contributed by atoms with Crippen LogP contribution in [-0.4, -0.2) is 73.8 Å². The smallest absolute Gasteiger partial charge is 0.248 e. The van der Waals surface area contributed by atoms with Crippen LogP contribution in [0.15, 0.2) is 0 Å². The van der Waals surface area contributed by atoms with Crippen LogP contribution in [0.3, 0.4) is 0 Å². The zero-order chi connectivity index (χ0) is 27.6. The lowest BCUT2D eigenvalue weighted by Crippen LogP contribution is -2.75. The van der Waals surface area contributed by atoms with Gasteiger partial charge in [0.15, 0.2) is 0 Å². The van der Waals surface area contributed by atoms with Gasteiger partial charge in [-0.25, -0.2) is 0 Å². The summed E-state index contributed by atoms with van der Waals surface area (Å²) in [6.07, 6.45) is 13.9. The number of carbonyl (C=O) groups excluding carboxylic acids is 2. The van der Waals surface area contributed by atoms with Gasteiger partial charge in [0.2, 0.25) is 11.8 Å². The molecule has 2 N–H and O–H groups in total. The number of hydrogen-bond acceptors (Lipinski definition) is 5. The van der Waals surface area contributed by atoms with Crippen LogP contribution >= 0.6 is 0 Å². The van der Waals surface area contributed by atoms with Crippen molar-refractivity contribution in [1.82, 2.24) is 24.9 Å². The number of aliphatic hydroxyl groups excluding tert-OH is 1. The van der Waals surface area contributed by atoms with Gasteiger partial charge in [0.25, 0.3) is 0 Å². The first kappa shape index (κ1) is 28.6. The number of rotatable bonds is 8. The highest BCUT2D eigenvalue weighted by atomic mass is 16.3. The van der Waals surface area contributed by atoms with Crippen molar-refractivity contribution in [1.29, 1.82) is 0 Å². The van der Waals surface area contributed by atoms with Gasteiger partial charge < -0.3 is 15.3 Å². The Labute approximate surface area is 234 Å². The van der Waals surface area contributed by atoms with Gasteiger partial charge in [-0.3, -0.25) is 19.2 Å². The molecule has 2 amide bonds. The highest BCUT2D eigenvalue weighted by molar-refractivity contribution is 6.00. The molecule has 39 heavy (non-hydrogen) atoms. The molecule has 2 saturated carbocycles. The Bertz CT molecular complexity index is 1000. The molecule has 2 aliphatic heterocycles. The largest absolute Gasteiger partial charge is 0.390 e. The first-order valence-corrected chi connectivity index (χ1v) is 15.9. The molecule has 1 aromatic heterocycles. The molecular weight excluding hydrogens is 490 g/mol. The maximum atomic E-state index is 13.9. The van der Waals surface area contributed by atoms with Crippen molar-refractivity contribution in [3.63, 3.8) is 0 Å². The van der Waals surface area contributed by atoms with Gasteiger partial charge in [-0.05, 0) is 64.7 Å². The summed E-state index contributed by atoms with van der Waals surface area (Å²) in [7, 11) is 0. The van der Waals surface area contributed by atoms with E-state index in [4.69, 9.17) is 5.10 Å². The van der Waals surface area contributed by atoms with E-state index >= 15 is 0 Å². The van der Waals surface area contributed by atoms with E-state index in [1.807, 2.05) is 4.90 Å². The Balaban J connectivity index is 1.28. The van der Waals surface area contributed by atoms with Gasteiger partial charge in [0.1, 0.15) is 11.6 Å². The molecule has 4 aliphatic rings. The van der Waals surface area contributed by atoms with Crippen molar-refractivity contribution in [3.05, 3.63) is 17.0 Å². The van der Waals surface area contributed by atoms with Crippen molar-refractivity contribution >= 4 is 11.8 Å². The molecule has 3 heterocycles. The Hall–Kier alpha value is -1.93. The van der Waals surface area contributed by atoms with E-state index < -0.39 is 17.7 Å². The number of likely N-dealkylation sites (tertiary alicyclic amines) is 1. The molecule has 1 spiro atoms. The predicted octanol–water partition coefficient (Wildman–Crippen LogP) is 4.41. The fraction of sp³-hybridized carbons (Fsp3) is 0.839. The van der Waals surface area contributed by atoms with E-state index in [9.17, 15) is 14.7 Å². The first-order valence-electron chi connectivity index (χ1n) is 15.9. The van der Waals surface area contributed by atoms with Crippen molar-refractivity contribution in [2.75, 3.05) is 19.6 Å². The normalized spacial score (nSPS) is 26.3. The number of unbranched alkanes of at least 4 members (excludes halogenated alkanes) is 1. The molecule has 2 atom stereocenters. The summed E-state index contributed by atoms with van der Waals surface area (Å²) in [4.78, 5) is 32.0. The van der Waals surface area contributed by atoms with Crippen LogP contribution in [0.2, 0.25) is 0 Å². The maximum Gasteiger partial charge on any atom is 0.248 e. The van der Waals surface area contributed by atoms with Crippen LogP contribution in [0.5, 0.6) is 0 Å². The fourth-order valence-corrected chi connectivity index (χ4v) is 7.87. The van der Waals surface area contributed by atoms with E-state index in [0.717, 1.165) is 63.9 Å². The number of aryl methyl sites for hydroxylation is 1. The maximum absolute atomic E-state index is 13.9. The molecule has 4 fully saturated rings. The molecule has 1 aromatic rings. The number of hydrogen-bond donors (Lipinski definition) is 2. The third-order valence-electron chi connectivity index (χ3n) is 10.4. The number of aliphatic hydroxyl groups is 1. The molecule has 2 aliphatic carbocycles. The zero-order valence-corrected chi connectivity index (χ0v) is 24.6. The van der Waals surface area contributed by atoms with Gasteiger partial charge in [0.05, 0.1) is 17.8 Å². The van der Waals surface area contributed by atoms with Crippen molar-refractivity contribution in [2.24, 2.45) is 5.92 Å². The predicted molar refractivity (Wildman–Crippen MR) is 152 cm³/mol. The van der Waals surface area contributed by atoms with E-state index in [1.54, 1.807) is 0 Å². The van der Waals surface area contributed by atoms with Crippen LogP contribution < -0.4 is 5.32 Å². The van der Waals surface area contributed by atoms with Gasteiger partial charge in [-0.1, -0.05) is 51.9 Å². The van der Waals surface area contributed by atoms with E-state index in [-0.39, 0.29) is 17.7 Å². The quantitative estimate of drug-likeness (QED) is 0.509. The average Bonchev–Trinajstić information content (AvgIpc) is 3.25. The number of carbonyl (C=O) groups is 2. The van der Waals surface area contributed by atoms with Gasteiger partial charge >= 0.3 is 0 Å². The van der Waals surface area contributed by atoms with Crippen LogP contribution in [0.25, 0.3) is 0 Å². The van der Waals surface area contributed by atoms with Crippen molar-refractivity contribution in [2.45, 2.75) is 141 Å². The Kier molecular flexibility index (Phi) is 9.01. The number of aromatic nitrogens is 2. The van der Waals surface area contributed by atoms with Gasteiger partial charge in [0, 0.05) is 37.4 Å². The van der Waals surface area contributed by atoms with Gasteiger partial charge in [-0.2, -0.15) is 5.10 Å². The average molecular weight is 542 g/mol. The third-order valence-corrected chi connectivity index (χ3v) is 10.4. The van der Waals surface area contributed by atoms with Crippen molar-refractivity contribution in [3.8, 4) is 0 Å². The highest BCUT2D eigenvalue weighted by Crippen LogP contribution is 2.37. The topological polar surface area (TPSA) is 90.7 Å². The number of nitrogens with one attached hydrogen (secondary N) is 1. The molecule has 0 aromatic carbocycles. The molecular formula is C31H51N5O3. The van der Waals surface area contributed by atoms with Crippen LogP contribution in [0, 0.1) is 19.8 Å². The summed E-state index contributed by atoms with van der Waals surface area (Å²) in [5, 5.41) is 19.2. The Morgan fingerprint density at radius 2 is 1.64 bits per heavy atom. The molecule has 0 bridgehead atoms. The summed E-state index contributed by atoms with van der Waals surface area (Å²) < 4.78 is 2.28. The number of piperazine rings is 1. The third kappa shape index (κ3) is 5.65. The van der Waals surface area contributed by atoms with Gasteiger partial charge in [-0.15, -0.1) is 0 Å². The first-order chi connectivity index (χ1) is 18.9. The van der Waals surface area contributed by atoms with Crippen molar-refractivity contribution < 1.29 is 14.7 Å². The lowest BCUT2D eigenvalue weighted by molar-refractivity contribution is -0.166. The summed E-state index contributed by atoms with van der Waals surface area (Å²) in [5.41, 5.74) is 2.92. The lowest BCUT2D eigenvalue weighted by Gasteiger charge is -2.52. The van der Waals surface area contributed by atoms with Crippen LogP contribution in [-0.2, 0) is 16.1 Å². The fourth-order valence-electron chi connectivity index (χ4n) is 7.87. The zero-order valence-electron chi connectivity index (χ0n) is 24.6. The number of nitrogens with zero attached hydrogens (tertiary/aromatic N) is 4. The molecule has 8 nitrogen and oxygen atoms in total. The number of piperidine rings is 1.